The second-order valence-corrected chi connectivity index (χ2v) is 5.58. The Labute approximate surface area is 95.8 Å². The van der Waals surface area contributed by atoms with Crippen LogP contribution in [0.5, 0.6) is 0 Å². The smallest absolute Gasteiger partial charge is 0.268 e. The Balaban J connectivity index is 3.22. The van der Waals surface area contributed by atoms with Crippen molar-refractivity contribution in [3.63, 3.8) is 0 Å². The fraction of sp³-hybridized carbons (Fsp3) is 0.538. The van der Waals surface area contributed by atoms with Crippen molar-refractivity contribution in [1.82, 2.24) is 0 Å². The summed E-state index contributed by atoms with van der Waals surface area (Å²) in [6.45, 7) is 9.01. The van der Waals surface area contributed by atoms with Gasteiger partial charge in [-0.1, -0.05) is 45.9 Å². The molecule has 0 aliphatic carbocycles. The molecule has 2 radical (unpaired) electrons. The third-order valence-corrected chi connectivity index (χ3v) is 3.41. The van der Waals surface area contributed by atoms with Gasteiger partial charge in [0.05, 0.1) is 0 Å². The maximum absolute atomic E-state index is 5.28. The molecular weight excluding hydrogens is 200 g/mol. The topological polar surface area (TPSA) is 9.23 Å². The highest BCUT2D eigenvalue weighted by atomic mass is 28.2. The van der Waals surface area contributed by atoms with Crippen molar-refractivity contribution in [2.45, 2.75) is 39.5 Å². The first-order chi connectivity index (χ1) is 7.07. The molecule has 1 aromatic carbocycles. The minimum atomic E-state index is 0.468. The third-order valence-electron chi connectivity index (χ3n) is 2.55. The van der Waals surface area contributed by atoms with Crippen LogP contribution in [0.4, 0.5) is 0 Å². The van der Waals surface area contributed by atoms with Crippen LogP contribution in [0.1, 0.15) is 50.7 Å². The number of rotatable bonds is 4. The summed E-state index contributed by atoms with van der Waals surface area (Å²) >= 11 is 0. The second kappa shape index (κ2) is 5.47. The lowest BCUT2D eigenvalue weighted by Crippen LogP contribution is -2.23. The zero-order chi connectivity index (χ0) is 11.4. The van der Waals surface area contributed by atoms with E-state index in [4.69, 9.17) is 4.43 Å². The summed E-state index contributed by atoms with van der Waals surface area (Å²) in [5.74, 6) is 1.16. The standard InChI is InChI=1S/C13H20OSi/c1-9(2)11-7-6-8-12(15-14-5)13(11)10(3)4/h6-10H,1-5H3. The average molecular weight is 220 g/mol. The summed E-state index contributed by atoms with van der Waals surface area (Å²) in [6, 6.07) is 6.56. The van der Waals surface area contributed by atoms with Crippen molar-refractivity contribution in [2.75, 3.05) is 7.11 Å². The molecule has 0 unspecified atom stereocenters. The van der Waals surface area contributed by atoms with Crippen molar-refractivity contribution >= 4 is 14.9 Å². The minimum Gasteiger partial charge on any atom is -0.415 e. The van der Waals surface area contributed by atoms with Gasteiger partial charge in [-0.2, -0.15) is 0 Å². The molecule has 1 rings (SSSR count). The molecule has 0 bridgehead atoms. The van der Waals surface area contributed by atoms with E-state index in [9.17, 15) is 0 Å². The monoisotopic (exact) mass is 220 g/mol. The van der Waals surface area contributed by atoms with Crippen LogP contribution in [0.25, 0.3) is 0 Å². The van der Waals surface area contributed by atoms with E-state index in [-0.39, 0.29) is 0 Å². The summed E-state index contributed by atoms with van der Waals surface area (Å²) in [5, 5.41) is 1.36. The normalized spacial score (nSPS) is 11.4. The Morgan fingerprint density at radius 2 is 1.73 bits per heavy atom. The van der Waals surface area contributed by atoms with Crippen LogP contribution < -0.4 is 5.19 Å². The van der Waals surface area contributed by atoms with Gasteiger partial charge in [-0.3, -0.25) is 0 Å². The molecule has 0 aromatic heterocycles. The van der Waals surface area contributed by atoms with Crippen LogP contribution in [-0.4, -0.2) is 16.9 Å². The first-order valence-corrected chi connectivity index (χ1v) is 6.40. The lowest BCUT2D eigenvalue weighted by Gasteiger charge is -2.19. The van der Waals surface area contributed by atoms with Crippen LogP contribution in [0, 0.1) is 0 Å². The minimum absolute atomic E-state index is 0.468. The number of hydrogen-bond acceptors (Lipinski definition) is 1. The van der Waals surface area contributed by atoms with Crippen LogP contribution in [0.2, 0.25) is 0 Å². The van der Waals surface area contributed by atoms with E-state index in [1.54, 1.807) is 7.11 Å². The highest BCUT2D eigenvalue weighted by Crippen LogP contribution is 2.24. The van der Waals surface area contributed by atoms with E-state index in [0.29, 0.717) is 21.6 Å². The third kappa shape index (κ3) is 2.92. The molecule has 0 heterocycles. The van der Waals surface area contributed by atoms with Crippen molar-refractivity contribution in [3.8, 4) is 0 Å². The second-order valence-electron chi connectivity index (χ2n) is 4.42. The van der Waals surface area contributed by atoms with E-state index >= 15 is 0 Å². The molecule has 82 valence electrons. The molecule has 0 aliphatic heterocycles. The van der Waals surface area contributed by atoms with Gasteiger partial charge < -0.3 is 4.43 Å². The molecule has 1 aromatic rings. The summed E-state index contributed by atoms with van der Waals surface area (Å²) in [4.78, 5) is 0. The molecule has 0 spiro atoms. The molecule has 0 saturated carbocycles. The Kier molecular flexibility index (Phi) is 4.55. The number of hydrogen-bond donors (Lipinski definition) is 0. The zero-order valence-corrected chi connectivity index (χ0v) is 11.3. The van der Waals surface area contributed by atoms with E-state index in [1.807, 2.05) is 0 Å². The van der Waals surface area contributed by atoms with Gasteiger partial charge in [0, 0.05) is 7.11 Å². The summed E-state index contributed by atoms with van der Waals surface area (Å²) in [6.07, 6.45) is 0. The summed E-state index contributed by atoms with van der Waals surface area (Å²) in [7, 11) is 2.24. The molecule has 15 heavy (non-hydrogen) atoms. The molecule has 0 atom stereocenters. The molecular formula is C13H20OSi. The molecule has 0 amide bonds. The van der Waals surface area contributed by atoms with Crippen LogP contribution >= 0.6 is 0 Å². The first kappa shape index (κ1) is 12.5. The molecule has 0 N–H and O–H groups in total. The zero-order valence-electron chi connectivity index (χ0n) is 10.3. The van der Waals surface area contributed by atoms with Gasteiger partial charge in [-0.25, -0.2) is 0 Å². The Morgan fingerprint density at radius 1 is 1.07 bits per heavy atom. The number of benzene rings is 1. The van der Waals surface area contributed by atoms with Crippen molar-refractivity contribution < 1.29 is 4.43 Å². The largest absolute Gasteiger partial charge is 0.415 e. The summed E-state index contributed by atoms with van der Waals surface area (Å²) < 4.78 is 5.28. The van der Waals surface area contributed by atoms with Gasteiger partial charge in [0.2, 0.25) is 0 Å². The van der Waals surface area contributed by atoms with Gasteiger partial charge >= 0.3 is 0 Å². The van der Waals surface area contributed by atoms with Crippen LogP contribution in [-0.2, 0) is 4.43 Å². The van der Waals surface area contributed by atoms with Crippen molar-refractivity contribution in [2.24, 2.45) is 0 Å². The predicted octanol–water partition coefficient (Wildman–Crippen LogP) is 2.82. The fourth-order valence-corrected chi connectivity index (χ4v) is 2.86. The lowest BCUT2D eigenvalue weighted by molar-refractivity contribution is 0.450. The van der Waals surface area contributed by atoms with E-state index in [1.165, 1.54) is 16.3 Å². The quantitative estimate of drug-likeness (QED) is 0.709. The first-order valence-electron chi connectivity index (χ1n) is 5.49. The Morgan fingerprint density at radius 3 is 2.20 bits per heavy atom. The molecule has 2 heteroatoms. The van der Waals surface area contributed by atoms with Crippen molar-refractivity contribution in [3.05, 3.63) is 29.3 Å². The highest BCUT2D eigenvalue weighted by molar-refractivity contribution is 6.47. The maximum atomic E-state index is 5.28. The Hall–Kier alpha value is -0.603. The van der Waals surface area contributed by atoms with E-state index < -0.39 is 0 Å². The van der Waals surface area contributed by atoms with E-state index in [0.717, 1.165) is 0 Å². The molecule has 0 saturated heterocycles. The summed E-state index contributed by atoms with van der Waals surface area (Å²) in [5.41, 5.74) is 2.94. The van der Waals surface area contributed by atoms with Gasteiger partial charge in [-0.15, -0.1) is 0 Å². The molecule has 0 fully saturated rings. The van der Waals surface area contributed by atoms with Gasteiger partial charge in [-0.05, 0) is 28.1 Å². The van der Waals surface area contributed by atoms with Crippen molar-refractivity contribution in [1.29, 1.82) is 0 Å². The van der Waals surface area contributed by atoms with Crippen LogP contribution in [0.15, 0.2) is 18.2 Å². The molecule has 0 aliphatic rings. The molecule has 1 nitrogen and oxygen atoms in total. The fourth-order valence-electron chi connectivity index (χ4n) is 1.93. The van der Waals surface area contributed by atoms with E-state index in [2.05, 4.69) is 45.9 Å². The SMILES string of the molecule is CO[Si]c1cccc(C(C)C)c1C(C)C. The Bertz CT molecular complexity index is 318. The highest BCUT2D eigenvalue weighted by Gasteiger charge is 2.14. The van der Waals surface area contributed by atoms with Gasteiger partial charge in [0.15, 0.2) is 0 Å². The maximum Gasteiger partial charge on any atom is 0.268 e. The van der Waals surface area contributed by atoms with Gasteiger partial charge in [0.1, 0.15) is 0 Å². The predicted molar refractivity (Wildman–Crippen MR) is 67.0 cm³/mol. The average Bonchev–Trinajstić information content (AvgIpc) is 2.17. The van der Waals surface area contributed by atoms with Gasteiger partial charge in [0.25, 0.3) is 9.76 Å². The van der Waals surface area contributed by atoms with Crippen LogP contribution in [0.3, 0.4) is 0 Å². The lowest BCUT2D eigenvalue weighted by atomic mass is 9.91.